The molecule has 0 saturated heterocycles. The number of ether oxygens (including phenoxy) is 2. The molecule has 0 aliphatic carbocycles. The third-order valence-electron chi connectivity index (χ3n) is 3.56. The predicted octanol–water partition coefficient (Wildman–Crippen LogP) is 3.99. The van der Waals surface area contributed by atoms with Crippen LogP contribution in [0.3, 0.4) is 0 Å². The summed E-state index contributed by atoms with van der Waals surface area (Å²) in [6, 6.07) is 5.85. The molecule has 0 aromatic heterocycles. The average Bonchev–Trinajstić information content (AvgIpc) is 2.83. The fourth-order valence-electron chi connectivity index (χ4n) is 2.50. The van der Waals surface area contributed by atoms with Crippen molar-refractivity contribution in [1.29, 1.82) is 5.26 Å². The number of carbonyl (C=O) groups excluding carboxylic acids is 1. The van der Waals surface area contributed by atoms with Crippen LogP contribution in [0.15, 0.2) is 22.8 Å². The summed E-state index contributed by atoms with van der Waals surface area (Å²) in [4.78, 5) is 12.5. The van der Waals surface area contributed by atoms with Crippen molar-refractivity contribution in [1.82, 2.24) is 5.01 Å². The van der Waals surface area contributed by atoms with E-state index in [1.165, 1.54) is 5.01 Å². The Hall–Kier alpha value is -2.08. The fraction of sp³-hybridized carbons (Fsp3) is 0.421. The number of amides is 1. The first-order valence-electron chi connectivity index (χ1n) is 8.46. The maximum atomic E-state index is 12.5. The van der Waals surface area contributed by atoms with Gasteiger partial charge in [0, 0.05) is 0 Å². The van der Waals surface area contributed by atoms with Crippen molar-refractivity contribution in [2.24, 2.45) is 5.10 Å². The molecular weight excluding hydrogens is 445 g/mol. The number of hydrazone groups is 1. The highest BCUT2D eigenvalue weighted by Gasteiger charge is 2.27. The fourth-order valence-corrected chi connectivity index (χ4v) is 3.25. The standard InChI is InChI=1S/C19H22IN3O3/c1-5-25-17-11-14(10-16(20)18(17)26-12(2)3)9-15-13(4)22-23(19(15)24)8-6-7-21/h9-12H,5-6,8H2,1-4H3/b15-9+. The number of halogens is 1. The molecule has 6 nitrogen and oxygen atoms in total. The van der Waals surface area contributed by atoms with Gasteiger partial charge in [-0.05, 0) is 74.1 Å². The minimum Gasteiger partial charge on any atom is -0.490 e. The van der Waals surface area contributed by atoms with E-state index < -0.39 is 0 Å². The molecule has 1 heterocycles. The molecule has 0 bridgehead atoms. The van der Waals surface area contributed by atoms with E-state index in [9.17, 15) is 4.79 Å². The largest absolute Gasteiger partial charge is 0.490 e. The van der Waals surface area contributed by atoms with Gasteiger partial charge in [0.2, 0.25) is 0 Å². The molecule has 7 heteroatoms. The van der Waals surface area contributed by atoms with Crippen LogP contribution in [-0.4, -0.2) is 35.9 Å². The summed E-state index contributed by atoms with van der Waals surface area (Å²) in [6.45, 7) is 8.46. The normalized spacial score (nSPS) is 15.4. The second kappa shape index (κ2) is 9.03. The molecule has 0 atom stereocenters. The lowest BCUT2D eigenvalue weighted by Crippen LogP contribution is -2.22. The van der Waals surface area contributed by atoms with Crippen LogP contribution < -0.4 is 9.47 Å². The van der Waals surface area contributed by atoms with Crippen LogP contribution in [0.2, 0.25) is 0 Å². The van der Waals surface area contributed by atoms with E-state index in [1.807, 2.05) is 39.0 Å². The first kappa shape index (κ1) is 20.2. The Morgan fingerprint density at radius 2 is 2.15 bits per heavy atom. The lowest BCUT2D eigenvalue weighted by atomic mass is 10.1. The minimum absolute atomic E-state index is 0.0337. The summed E-state index contributed by atoms with van der Waals surface area (Å²) in [6.07, 6.45) is 2.09. The van der Waals surface area contributed by atoms with E-state index in [0.717, 1.165) is 9.13 Å². The highest BCUT2D eigenvalue weighted by atomic mass is 127. The second-order valence-electron chi connectivity index (χ2n) is 6.01. The molecule has 138 valence electrons. The summed E-state index contributed by atoms with van der Waals surface area (Å²) in [5.74, 6) is 1.18. The number of rotatable bonds is 7. The number of carbonyl (C=O) groups is 1. The SMILES string of the molecule is CCOc1cc(/C=C2/C(=O)N(CCC#N)N=C2C)cc(I)c1OC(C)C. The number of nitrogens with zero attached hydrogens (tertiary/aromatic N) is 3. The third kappa shape index (κ3) is 4.75. The van der Waals surface area contributed by atoms with E-state index in [-0.39, 0.29) is 18.4 Å². The maximum absolute atomic E-state index is 12.5. The second-order valence-corrected chi connectivity index (χ2v) is 7.17. The zero-order valence-corrected chi connectivity index (χ0v) is 17.5. The van der Waals surface area contributed by atoms with Crippen LogP contribution in [0.5, 0.6) is 11.5 Å². The summed E-state index contributed by atoms with van der Waals surface area (Å²) in [7, 11) is 0. The Morgan fingerprint density at radius 1 is 1.42 bits per heavy atom. The van der Waals surface area contributed by atoms with E-state index in [4.69, 9.17) is 14.7 Å². The topological polar surface area (TPSA) is 74.9 Å². The van der Waals surface area contributed by atoms with Crippen molar-refractivity contribution in [3.63, 3.8) is 0 Å². The van der Waals surface area contributed by atoms with Crippen LogP contribution in [0.4, 0.5) is 0 Å². The summed E-state index contributed by atoms with van der Waals surface area (Å²) >= 11 is 2.21. The molecule has 0 radical (unpaired) electrons. The zero-order chi connectivity index (χ0) is 19.3. The molecule has 0 unspecified atom stereocenters. The molecule has 0 N–H and O–H groups in total. The molecular formula is C19H22IN3O3. The van der Waals surface area contributed by atoms with E-state index in [0.29, 0.717) is 35.9 Å². The van der Waals surface area contributed by atoms with Gasteiger partial charge >= 0.3 is 0 Å². The Morgan fingerprint density at radius 3 is 2.77 bits per heavy atom. The molecule has 1 aliphatic rings. The minimum atomic E-state index is -0.187. The first-order valence-corrected chi connectivity index (χ1v) is 9.54. The van der Waals surface area contributed by atoms with Crippen LogP contribution in [-0.2, 0) is 4.79 Å². The van der Waals surface area contributed by atoms with E-state index in [2.05, 4.69) is 27.7 Å². The molecule has 0 fully saturated rings. The number of hydrogen-bond donors (Lipinski definition) is 0. The molecule has 1 aromatic rings. The van der Waals surface area contributed by atoms with Crippen molar-refractivity contribution in [3.05, 3.63) is 26.8 Å². The van der Waals surface area contributed by atoms with Crippen molar-refractivity contribution in [3.8, 4) is 17.6 Å². The highest BCUT2D eigenvalue weighted by Crippen LogP contribution is 2.36. The Labute approximate surface area is 167 Å². The Bertz CT molecular complexity index is 794. The number of benzene rings is 1. The van der Waals surface area contributed by atoms with Crippen molar-refractivity contribution >= 4 is 40.3 Å². The van der Waals surface area contributed by atoms with Crippen LogP contribution in [0, 0.1) is 14.9 Å². The van der Waals surface area contributed by atoms with Gasteiger partial charge in [-0.1, -0.05) is 0 Å². The van der Waals surface area contributed by atoms with Gasteiger partial charge < -0.3 is 9.47 Å². The quantitative estimate of drug-likeness (QED) is 0.449. The van der Waals surface area contributed by atoms with Crippen LogP contribution >= 0.6 is 22.6 Å². The van der Waals surface area contributed by atoms with Crippen molar-refractivity contribution in [2.75, 3.05) is 13.2 Å². The molecule has 0 spiro atoms. The van der Waals surface area contributed by atoms with Gasteiger partial charge in [-0.2, -0.15) is 10.4 Å². The summed E-state index contributed by atoms with van der Waals surface area (Å²) in [5.41, 5.74) is 2.01. The first-order chi connectivity index (χ1) is 12.4. The van der Waals surface area contributed by atoms with Gasteiger partial charge in [0.05, 0.1) is 46.6 Å². The highest BCUT2D eigenvalue weighted by molar-refractivity contribution is 14.1. The number of nitriles is 1. The van der Waals surface area contributed by atoms with Gasteiger partial charge in [-0.15, -0.1) is 0 Å². The molecule has 1 amide bonds. The third-order valence-corrected chi connectivity index (χ3v) is 4.36. The van der Waals surface area contributed by atoms with E-state index >= 15 is 0 Å². The van der Waals surface area contributed by atoms with Crippen LogP contribution in [0.1, 0.15) is 39.7 Å². The predicted molar refractivity (Wildman–Crippen MR) is 109 cm³/mol. The van der Waals surface area contributed by atoms with E-state index in [1.54, 1.807) is 13.0 Å². The molecule has 26 heavy (non-hydrogen) atoms. The Kier molecular flexibility index (Phi) is 7.03. The maximum Gasteiger partial charge on any atom is 0.275 e. The Balaban J connectivity index is 2.37. The summed E-state index contributed by atoms with van der Waals surface area (Å²) < 4.78 is 12.5. The monoisotopic (exact) mass is 467 g/mol. The van der Waals surface area contributed by atoms with Gasteiger partial charge in [-0.25, -0.2) is 5.01 Å². The van der Waals surface area contributed by atoms with Crippen molar-refractivity contribution < 1.29 is 14.3 Å². The molecule has 1 aliphatic heterocycles. The number of hydrogen-bond acceptors (Lipinski definition) is 5. The molecule has 2 rings (SSSR count). The van der Waals surface area contributed by atoms with Crippen molar-refractivity contribution in [2.45, 2.75) is 40.2 Å². The van der Waals surface area contributed by atoms with Gasteiger partial charge in [0.1, 0.15) is 0 Å². The zero-order valence-electron chi connectivity index (χ0n) is 15.4. The molecule has 0 saturated carbocycles. The van der Waals surface area contributed by atoms with Gasteiger partial charge in [0.15, 0.2) is 11.5 Å². The smallest absolute Gasteiger partial charge is 0.275 e. The average molecular weight is 467 g/mol. The lowest BCUT2D eigenvalue weighted by molar-refractivity contribution is -0.125. The summed E-state index contributed by atoms with van der Waals surface area (Å²) in [5, 5.41) is 14.3. The van der Waals surface area contributed by atoms with Gasteiger partial charge in [-0.3, -0.25) is 4.79 Å². The van der Waals surface area contributed by atoms with Gasteiger partial charge in [0.25, 0.3) is 5.91 Å². The molecule has 1 aromatic carbocycles. The van der Waals surface area contributed by atoms with Crippen LogP contribution in [0.25, 0.3) is 6.08 Å². The lowest BCUT2D eigenvalue weighted by Gasteiger charge is -2.17.